The number of aromatic nitrogens is 4. The number of hydrogen-bond donors (Lipinski definition) is 1. The van der Waals surface area contributed by atoms with E-state index >= 15 is 0 Å². The summed E-state index contributed by atoms with van der Waals surface area (Å²) < 4.78 is 1.22. The summed E-state index contributed by atoms with van der Waals surface area (Å²) in [4.78, 5) is 19.3. The van der Waals surface area contributed by atoms with Gasteiger partial charge in [-0.3, -0.25) is 0 Å². The van der Waals surface area contributed by atoms with Crippen LogP contribution >= 0.6 is 0 Å². The van der Waals surface area contributed by atoms with Gasteiger partial charge in [0.1, 0.15) is 6.33 Å². The Balaban J connectivity index is 2.76. The van der Waals surface area contributed by atoms with Gasteiger partial charge in [0.05, 0.1) is 5.69 Å². The predicted molar refractivity (Wildman–Crippen MR) is 56.4 cm³/mol. The lowest BCUT2D eigenvalue weighted by Crippen LogP contribution is -2.18. The molecule has 0 radical (unpaired) electrons. The Kier molecular flexibility index (Phi) is 2.15. The van der Waals surface area contributed by atoms with Crippen LogP contribution in [0.15, 0.2) is 12.4 Å². The van der Waals surface area contributed by atoms with Gasteiger partial charge in [-0.25, -0.2) is 9.78 Å². The van der Waals surface area contributed by atoms with Crippen LogP contribution in [0.2, 0.25) is 0 Å². The summed E-state index contributed by atoms with van der Waals surface area (Å²) in [7, 11) is 0. The van der Waals surface area contributed by atoms with Crippen LogP contribution in [0.5, 0.6) is 0 Å². The highest BCUT2D eigenvalue weighted by Crippen LogP contribution is 2.21. The van der Waals surface area contributed by atoms with Gasteiger partial charge in [-0.2, -0.15) is 14.6 Å². The predicted octanol–water partition coefficient (Wildman–Crippen LogP) is 1.12. The van der Waals surface area contributed by atoms with Crippen LogP contribution in [0.25, 0.3) is 5.78 Å². The quantitative estimate of drug-likeness (QED) is 0.778. The molecule has 0 saturated heterocycles. The van der Waals surface area contributed by atoms with Gasteiger partial charge in [-0.1, -0.05) is 20.8 Å². The molecule has 0 atom stereocenters. The van der Waals surface area contributed by atoms with E-state index in [1.165, 1.54) is 16.9 Å². The molecular weight excluding hydrogens is 208 g/mol. The van der Waals surface area contributed by atoms with E-state index in [1.54, 1.807) is 0 Å². The molecule has 84 valence electrons. The summed E-state index contributed by atoms with van der Waals surface area (Å²) in [6.07, 6.45) is 1.29. The van der Waals surface area contributed by atoms with Gasteiger partial charge >= 0.3 is 5.97 Å². The summed E-state index contributed by atoms with van der Waals surface area (Å²) in [5.74, 6) is -0.728. The molecular formula is C10H12N4O2. The van der Waals surface area contributed by atoms with Crippen molar-refractivity contribution in [3.05, 3.63) is 23.8 Å². The van der Waals surface area contributed by atoms with Crippen LogP contribution in [-0.2, 0) is 5.41 Å². The fourth-order valence-corrected chi connectivity index (χ4v) is 1.35. The standard InChI is InChI=1S/C10H12N4O2/c1-10(2,3)7-4-6(8(15)16)14-9(13-7)11-5-12-14/h4-5H,1-3H3,(H,15,16). The monoisotopic (exact) mass is 220 g/mol. The van der Waals surface area contributed by atoms with Gasteiger partial charge in [0.25, 0.3) is 5.78 Å². The Bertz CT molecular complexity index is 553. The normalized spacial score (nSPS) is 11.9. The lowest BCUT2D eigenvalue weighted by molar-refractivity contribution is 0.0687. The summed E-state index contributed by atoms with van der Waals surface area (Å²) >= 11 is 0. The zero-order chi connectivity index (χ0) is 11.9. The Morgan fingerprint density at radius 3 is 2.69 bits per heavy atom. The topological polar surface area (TPSA) is 80.4 Å². The van der Waals surface area contributed by atoms with Crippen molar-refractivity contribution in [2.24, 2.45) is 0 Å². The number of rotatable bonds is 1. The molecule has 2 rings (SSSR count). The number of nitrogens with zero attached hydrogens (tertiary/aromatic N) is 4. The molecule has 0 unspecified atom stereocenters. The molecule has 1 N–H and O–H groups in total. The van der Waals surface area contributed by atoms with E-state index in [2.05, 4.69) is 15.1 Å². The Morgan fingerprint density at radius 2 is 2.12 bits per heavy atom. The van der Waals surface area contributed by atoms with Crippen molar-refractivity contribution in [2.45, 2.75) is 26.2 Å². The largest absolute Gasteiger partial charge is 0.477 e. The first-order valence-electron chi connectivity index (χ1n) is 4.84. The lowest BCUT2D eigenvalue weighted by Gasteiger charge is -2.17. The van der Waals surface area contributed by atoms with E-state index in [1.807, 2.05) is 20.8 Å². The summed E-state index contributed by atoms with van der Waals surface area (Å²) in [5.41, 5.74) is 0.538. The van der Waals surface area contributed by atoms with Gasteiger partial charge in [-0.05, 0) is 6.07 Å². The minimum absolute atomic E-state index is 0.0763. The lowest BCUT2D eigenvalue weighted by atomic mass is 9.91. The third-order valence-corrected chi connectivity index (χ3v) is 2.24. The molecule has 0 bridgehead atoms. The van der Waals surface area contributed by atoms with Crippen molar-refractivity contribution in [3.63, 3.8) is 0 Å². The second kappa shape index (κ2) is 3.26. The summed E-state index contributed by atoms with van der Waals surface area (Å²) in [6, 6.07) is 1.53. The van der Waals surface area contributed by atoms with Crippen molar-refractivity contribution in [1.29, 1.82) is 0 Å². The first kappa shape index (κ1) is 10.5. The van der Waals surface area contributed by atoms with Crippen LogP contribution in [-0.4, -0.2) is 30.7 Å². The van der Waals surface area contributed by atoms with Crippen molar-refractivity contribution < 1.29 is 9.90 Å². The van der Waals surface area contributed by atoms with Gasteiger partial charge in [0, 0.05) is 5.41 Å². The summed E-state index contributed by atoms with van der Waals surface area (Å²) in [6.45, 7) is 5.90. The van der Waals surface area contributed by atoms with Gasteiger partial charge < -0.3 is 5.11 Å². The number of aromatic carboxylic acids is 1. The maximum atomic E-state index is 11.1. The molecule has 0 saturated carbocycles. The van der Waals surface area contributed by atoms with Crippen LogP contribution in [0.3, 0.4) is 0 Å². The minimum Gasteiger partial charge on any atom is -0.477 e. The first-order chi connectivity index (χ1) is 7.39. The fourth-order valence-electron chi connectivity index (χ4n) is 1.35. The highest BCUT2D eigenvalue weighted by molar-refractivity contribution is 5.86. The minimum atomic E-state index is -1.04. The van der Waals surface area contributed by atoms with Crippen LogP contribution in [0, 0.1) is 0 Å². The smallest absolute Gasteiger partial charge is 0.354 e. The molecule has 0 aliphatic carbocycles. The maximum absolute atomic E-state index is 11.1. The number of carboxylic acids is 1. The third kappa shape index (κ3) is 1.62. The second-order valence-electron chi connectivity index (χ2n) is 4.55. The van der Waals surface area contributed by atoms with Crippen molar-refractivity contribution in [1.82, 2.24) is 19.6 Å². The Morgan fingerprint density at radius 1 is 1.44 bits per heavy atom. The van der Waals surface area contributed by atoms with E-state index in [-0.39, 0.29) is 11.1 Å². The van der Waals surface area contributed by atoms with Crippen LogP contribution in [0.4, 0.5) is 0 Å². The SMILES string of the molecule is CC(C)(C)c1cc(C(=O)O)n2ncnc2n1. The maximum Gasteiger partial charge on any atom is 0.354 e. The highest BCUT2D eigenvalue weighted by atomic mass is 16.4. The van der Waals surface area contributed by atoms with Crippen LogP contribution < -0.4 is 0 Å². The Hall–Kier alpha value is -1.98. The van der Waals surface area contributed by atoms with E-state index < -0.39 is 5.97 Å². The molecule has 0 fully saturated rings. The van der Waals surface area contributed by atoms with Gasteiger partial charge in [-0.15, -0.1) is 0 Å². The van der Waals surface area contributed by atoms with Crippen LogP contribution in [0.1, 0.15) is 37.0 Å². The molecule has 6 nitrogen and oxygen atoms in total. The van der Waals surface area contributed by atoms with Gasteiger partial charge in [0.15, 0.2) is 5.69 Å². The summed E-state index contributed by atoms with van der Waals surface area (Å²) in [5, 5.41) is 12.9. The molecule has 2 aromatic rings. The number of hydrogen-bond acceptors (Lipinski definition) is 4. The molecule has 0 spiro atoms. The fraction of sp³-hybridized carbons (Fsp3) is 0.400. The van der Waals surface area contributed by atoms with E-state index in [0.29, 0.717) is 11.5 Å². The molecule has 2 heterocycles. The third-order valence-electron chi connectivity index (χ3n) is 2.24. The molecule has 2 aromatic heterocycles. The van der Waals surface area contributed by atoms with E-state index in [0.717, 1.165) is 0 Å². The molecule has 16 heavy (non-hydrogen) atoms. The first-order valence-corrected chi connectivity index (χ1v) is 4.84. The highest BCUT2D eigenvalue weighted by Gasteiger charge is 2.21. The number of carboxylic acid groups (broad SMARTS) is 1. The number of carbonyl (C=O) groups is 1. The zero-order valence-corrected chi connectivity index (χ0v) is 9.30. The van der Waals surface area contributed by atoms with E-state index in [9.17, 15) is 4.79 Å². The molecule has 0 aliphatic heterocycles. The Labute approximate surface area is 92.0 Å². The molecule has 0 amide bonds. The van der Waals surface area contributed by atoms with Crippen molar-refractivity contribution in [3.8, 4) is 0 Å². The van der Waals surface area contributed by atoms with Crippen molar-refractivity contribution >= 4 is 11.7 Å². The molecule has 0 aromatic carbocycles. The average Bonchev–Trinajstić information content (AvgIpc) is 2.61. The number of fused-ring (bicyclic) bond motifs is 1. The van der Waals surface area contributed by atoms with Crippen molar-refractivity contribution in [2.75, 3.05) is 0 Å². The molecule has 0 aliphatic rings. The average molecular weight is 220 g/mol. The van der Waals surface area contributed by atoms with Gasteiger partial charge in [0.2, 0.25) is 0 Å². The van der Waals surface area contributed by atoms with E-state index in [4.69, 9.17) is 5.11 Å². The second-order valence-corrected chi connectivity index (χ2v) is 4.55. The zero-order valence-electron chi connectivity index (χ0n) is 9.30. The molecule has 6 heteroatoms.